The predicted molar refractivity (Wildman–Crippen MR) is 210 cm³/mol. The van der Waals surface area contributed by atoms with Crippen LogP contribution in [0.1, 0.15) is 91.5 Å². The van der Waals surface area contributed by atoms with Crippen LogP contribution in [0.3, 0.4) is 0 Å². The number of imide groups is 2. The lowest BCUT2D eigenvalue weighted by Crippen LogP contribution is -2.54. The van der Waals surface area contributed by atoms with Crippen LogP contribution >= 0.6 is 11.3 Å². The van der Waals surface area contributed by atoms with Gasteiger partial charge in [0, 0.05) is 53.8 Å². The summed E-state index contributed by atoms with van der Waals surface area (Å²) in [4.78, 5) is 84.8. The van der Waals surface area contributed by atoms with Crippen LogP contribution in [-0.2, 0) is 27.3 Å². The molecule has 1 saturated heterocycles. The van der Waals surface area contributed by atoms with Crippen LogP contribution in [0.2, 0.25) is 0 Å². The highest BCUT2D eigenvalue weighted by atomic mass is 32.1. The molecule has 3 aliphatic heterocycles. The summed E-state index contributed by atoms with van der Waals surface area (Å²) in [6.07, 6.45) is 5.42. The number of amides is 6. The Bertz CT molecular complexity index is 2260. The van der Waals surface area contributed by atoms with E-state index in [4.69, 9.17) is 9.72 Å². The molecular formula is C42H42N6O7S. The van der Waals surface area contributed by atoms with Crippen molar-refractivity contribution in [1.82, 2.24) is 20.5 Å². The maximum Gasteiger partial charge on any atom is 0.280 e. The number of hydrogen-bond acceptors (Lipinski definition) is 10. The van der Waals surface area contributed by atoms with E-state index < -0.39 is 29.7 Å². The number of nitrogens with one attached hydrogen (secondary N) is 3. The molecule has 1 unspecified atom stereocenters. The lowest BCUT2D eigenvalue weighted by Gasteiger charge is -2.27. The monoisotopic (exact) mass is 774 g/mol. The van der Waals surface area contributed by atoms with Gasteiger partial charge in [0.05, 0.1) is 23.4 Å². The van der Waals surface area contributed by atoms with Gasteiger partial charge in [0.15, 0.2) is 5.01 Å². The lowest BCUT2D eigenvalue weighted by atomic mass is 10.0. The topological polar surface area (TPSA) is 167 Å². The predicted octanol–water partition coefficient (Wildman–Crippen LogP) is 5.41. The zero-order chi connectivity index (χ0) is 38.9. The van der Waals surface area contributed by atoms with Gasteiger partial charge < -0.3 is 20.3 Å². The number of aryl methyl sites for hydroxylation is 1. The van der Waals surface area contributed by atoms with E-state index in [0.717, 1.165) is 76.4 Å². The van der Waals surface area contributed by atoms with Gasteiger partial charge in [0.1, 0.15) is 11.8 Å². The fourth-order valence-electron chi connectivity index (χ4n) is 7.57. The highest BCUT2D eigenvalue weighted by Crippen LogP contribution is 2.39. The maximum absolute atomic E-state index is 13.3. The van der Waals surface area contributed by atoms with Crippen LogP contribution in [0.15, 0.2) is 60.7 Å². The van der Waals surface area contributed by atoms with E-state index in [1.54, 1.807) is 18.2 Å². The SMILES string of the molecule is Cc1sc(C(=O)NCc2cccc(OCCCCCNc3cccc4c3C(=O)N(C3CCC(=O)NC3=O)C4=O)c2)nc1-c1ccc2c(c1)CCN2C(=O)C1CC1. The summed E-state index contributed by atoms with van der Waals surface area (Å²) < 4.78 is 6.00. The number of piperidine rings is 1. The quantitative estimate of drug-likeness (QED) is 0.112. The highest BCUT2D eigenvalue weighted by Gasteiger charge is 2.45. The third-order valence-electron chi connectivity index (χ3n) is 10.7. The molecule has 0 bridgehead atoms. The Labute approximate surface area is 327 Å². The second-order valence-corrected chi connectivity index (χ2v) is 15.8. The Kier molecular flexibility index (Phi) is 10.4. The highest BCUT2D eigenvalue weighted by molar-refractivity contribution is 7.14. The van der Waals surface area contributed by atoms with E-state index in [-0.39, 0.29) is 41.7 Å². The molecule has 1 saturated carbocycles. The zero-order valence-electron chi connectivity index (χ0n) is 31.0. The number of ether oxygens (including phenoxy) is 1. The molecule has 4 aromatic rings. The average molecular weight is 775 g/mol. The van der Waals surface area contributed by atoms with Crippen molar-refractivity contribution in [2.24, 2.45) is 5.92 Å². The van der Waals surface area contributed by atoms with Crippen LogP contribution < -0.4 is 25.6 Å². The summed E-state index contributed by atoms with van der Waals surface area (Å²) in [5, 5.41) is 8.88. The standard InChI is InChI=1S/C42H42N6O7S/c1-24-36(28-13-14-32-27(22-28)17-19-47(32)40(52)26-11-12-26)46-39(56-24)38(51)44-23-25-7-5-8-29(21-25)55-20-4-2-3-18-43-31-10-6-9-30-35(31)42(54)48(41(30)53)33-15-16-34(49)45-37(33)50/h5-10,13-14,21-22,26,33,43H,2-4,11-12,15-20,23H2,1H3,(H,44,51)(H,45,49,50). The maximum atomic E-state index is 13.3. The van der Waals surface area contributed by atoms with Gasteiger partial charge in [-0.1, -0.05) is 24.3 Å². The number of fused-ring (bicyclic) bond motifs is 2. The number of rotatable bonds is 14. The van der Waals surface area contributed by atoms with Crippen LogP contribution in [-0.4, -0.2) is 71.1 Å². The first-order chi connectivity index (χ1) is 27.2. The number of aromatic nitrogens is 1. The fraction of sp³-hybridized carbons (Fsp3) is 0.357. The van der Waals surface area contributed by atoms with Crippen molar-refractivity contribution in [3.05, 3.63) is 92.8 Å². The van der Waals surface area contributed by atoms with E-state index in [1.165, 1.54) is 11.3 Å². The molecule has 0 radical (unpaired) electrons. The Hall–Kier alpha value is -5.89. The smallest absolute Gasteiger partial charge is 0.280 e. The number of thiazole rings is 1. The minimum atomic E-state index is -1.00. The molecule has 3 N–H and O–H groups in total. The first-order valence-corrected chi connectivity index (χ1v) is 20.0. The van der Waals surface area contributed by atoms with Gasteiger partial charge in [-0.25, -0.2) is 4.98 Å². The number of carbonyl (C=O) groups excluding carboxylic acids is 6. The Balaban J connectivity index is 0.775. The van der Waals surface area contributed by atoms with Gasteiger partial charge in [-0.3, -0.25) is 39.0 Å². The van der Waals surface area contributed by atoms with Crippen LogP contribution in [0, 0.1) is 12.8 Å². The van der Waals surface area contributed by atoms with Crippen molar-refractivity contribution >= 4 is 58.2 Å². The minimum Gasteiger partial charge on any atom is -0.494 e. The van der Waals surface area contributed by atoms with E-state index in [2.05, 4.69) is 22.0 Å². The molecule has 288 valence electrons. The average Bonchev–Trinajstić information content (AvgIpc) is 3.77. The van der Waals surface area contributed by atoms with Crippen LogP contribution in [0.25, 0.3) is 11.3 Å². The summed E-state index contributed by atoms with van der Waals surface area (Å²) in [6, 6.07) is 17.7. The fourth-order valence-corrected chi connectivity index (χ4v) is 8.42. The van der Waals surface area contributed by atoms with Crippen LogP contribution in [0.5, 0.6) is 5.75 Å². The summed E-state index contributed by atoms with van der Waals surface area (Å²) in [5.41, 5.74) is 5.80. The molecule has 56 heavy (non-hydrogen) atoms. The molecule has 1 aromatic heterocycles. The summed E-state index contributed by atoms with van der Waals surface area (Å²) in [6.45, 7) is 4.08. The number of benzene rings is 3. The molecule has 14 heteroatoms. The summed E-state index contributed by atoms with van der Waals surface area (Å²) in [7, 11) is 0. The largest absolute Gasteiger partial charge is 0.494 e. The van der Waals surface area contributed by atoms with Gasteiger partial charge >= 0.3 is 0 Å². The van der Waals surface area contributed by atoms with Crippen molar-refractivity contribution < 1.29 is 33.5 Å². The molecule has 13 nitrogen and oxygen atoms in total. The van der Waals surface area contributed by atoms with Crippen molar-refractivity contribution in [3.8, 4) is 17.0 Å². The molecule has 6 amide bonds. The summed E-state index contributed by atoms with van der Waals surface area (Å²) >= 11 is 1.37. The molecule has 4 heterocycles. The van der Waals surface area contributed by atoms with Crippen molar-refractivity contribution in [3.63, 3.8) is 0 Å². The molecule has 0 spiro atoms. The first kappa shape index (κ1) is 37.1. The molecular weight excluding hydrogens is 733 g/mol. The Morgan fingerprint density at radius 3 is 2.61 bits per heavy atom. The molecule has 4 aliphatic rings. The second-order valence-electron chi connectivity index (χ2n) is 14.6. The van der Waals surface area contributed by atoms with E-state index in [9.17, 15) is 28.8 Å². The second kappa shape index (κ2) is 15.7. The normalized spacial score (nSPS) is 17.5. The molecule has 8 rings (SSSR count). The Morgan fingerprint density at radius 2 is 1.79 bits per heavy atom. The van der Waals surface area contributed by atoms with Crippen molar-refractivity contribution in [2.75, 3.05) is 29.9 Å². The number of unbranched alkanes of at least 4 members (excludes halogenated alkanes) is 2. The van der Waals surface area contributed by atoms with Gasteiger partial charge in [0.25, 0.3) is 17.7 Å². The molecule has 3 aromatic carbocycles. The van der Waals surface area contributed by atoms with Gasteiger partial charge in [-0.15, -0.1) is 11.3 Å². The lowest BCUT2D eigenvalue weighted by molar-refractivity contribution is -0.136. The zero-order valence-corrected chi connectivity index (χ0v) is 31.8. The van der Waals surface area contributed by atoms with Gasteiger partial charge in [0.2, 0.25) is 17.7 Å². The van der Waals surface area contributed by atoms with Crippen molar-refractivity contribution in [2.45, 2.75) is 70.9 Å². The van der Waals surface area contributed by atoms with Gasteiger partial charge in [-0.2, -0.15) is 0 Å². The van der Waals surface area contributed by atoms with E-state index in [1.807, 2.05) is 48.2 Å². The Morgan fingerprint density at radius 1 is 0.946 bits per heavy atom. The van der Waals surface area contributed by atoms with Crippen LogP contribution in [0.4, 0.5) is 11.4 Å². The van der Waals surface area contributed by atoms with E-state index >= 15 is 0 Å². The third kappa shape index (κ3) is 7.53. The summed E-state index contributed by atoms with van der Waals surface area (Å²) in [5.74, 6) is -1.22. The van der Waals surface area contributed by atoms with E-state index in [0.29, 0.717) is 42.7 Å². The third-order valence-corrected chi connectivity index (χ3v) is 11.6. The van der Waals surface area contributed by atoms with Gasteiger partial charge in [-0.05, 0) is 99.4 Å². The molecule has 1 atom stereocenters. The number of hydrogen-bond donors (Lipinski definition) is 3. The molecule has 1 aliphatic carbocycles. The number of carbonyl (C=O) groups is 6. The first-order valence-electron chi connectivity index (χ1n) is 19.2. The molecule has 2 fully saturated rings. The minimum absolute atomic E-state index is 0.0701. The number of anilines is 2. The number of nitrogens with zero attached hydrogens (tertiary/aromatic N) is 3. The van der Waals surface area contributed by atoms with Crippen molar-refractivity contribution in [1.29, 1.82) is 0 Å².